The number of carbonyl (C=O) groups excluding carboxylic acids is 1. The molecule has 0 unspecified atom stereocenters. The maximum Gasteiger partial charge on any atom is 0.258 e. The molecule has 0 spiro atoms. The summed E-state index contributed by atoms with van der Waals surface area (Å²) in [5.41, 5.74) is 6.99. The summed E-state index contributed by atoms with van der Waals surface area (Å²) >= 11 is 0. The fourth-order valence-electron chi connectivity index (χ4n) is 4.89. The van der Waals surface area contributed by atoms with Gasteiger partial charge < -0.3 is 4.90 Å². The average molecular weight is 529 g/mol. The van der Waals surface area contributed by atoms with Gasteiger partial charge in [0.05, 0.1) is 17.1 Å². The van der Waals surface area contributed by atoms with Gasteiger partial charge in [0.1, 0.15) is 0 Å². The van der Waals surface area contributed by atoms with Crippen LogP contribution in [0, 0.1) is 20.8 Å². The Balaban J connectivity index is 1.49. The lowest BCUT2D eigenvalue weighted by Crippen LogP contribution is -2.37. The summed E-state index contributed by atoms with van der Waals surface area (Å²) in [4.78, 5) is 15.7. The summed E-state index contributed by atoms with van der Waals surface area (Å²) in [6.07, 6.45) is 0.556. The number of sulfonamides is 1. The van der Waals surface area contributed by atoms with Crippen LogP contribution in [0.5, 0.6) is 0 Å². The van der Waals surface area contributed by atoms with Gasteiger partial charge in [-0.3, -0.25) is 9.48 Å². The molecular formula is C30H32N4O3S. The Hall–Kier alpha value is -3.75. The van der Waals surface area contributed by atoms with Crippen LogP contribution in [-0.4, -0.2) is 35.0 Å². The van der Waals surface area contributed by atoms with E-state index in [9.17, 15) is 13.2 Å². The van der Waals surface area contributed by atoms with Crippen LogP contribution in [0.25, 0.3) is 0 Å². The molecule has 4 aromatic rings. The van der Waals surface area contributed by atoms with Gasteiger partial charge in [0.2, 0.25) is 10.0 Å². The van der Waals surface area contributed by atoms with Crippen molar-refractivity contribution in [2.75, 3.05) is 11.4 Å². The first-order valence-electron chi connectivity index (χ1n) is 12.7. The van der Waals surface area contributed by atoms with Crippen molar-refractivity contribution in [1.29, 1.82) is 0 Å². The minimum absolute atomic E-state index is 0.133. The monoisotopic (exact) mass is 528 g/mol. The van der Waals surface area contributed by atoms with Gasteiger partial charge in [-0.1, -0.05) is 42.0 Å². The first kappa shape index (κ1) is 25.9. The second kappa shape index (κ2) is 10.2. The molecule has 0 saturated heterocycles. The summed E-state index contributed by atoms with van der Waals surface area (Å²) in [7, 11) is -1.80. The number of nitrogens with zero attached hydrogens (tertiary/aromatic N) is 4. The van der Waals surface area contributed by atoms with Crippen molar-refractivity contribution in [3.63, 3.8) is 0 Å². The van der Waals surface area contributed by atoms with Gasteiger partial charge in [-0.15, -0.1) is 0 Å². The zero-order chi connectivity index (χ0) is 27.0. The zero-order valence-electron chi connectivity index (χ0n) is 22.2. The molecular weight excluding hydrogens is 496 g/mol. The summed E-state index contributed by atoms with van der Waals surface area (Å²) in [5, 5.41) is 4.76. The van der Waals surface area contributed by atoms with Crippen LogP contribution in [0.1, 0.15) is 44.0 Å². The molecule has 0 atom stereocenters. The maximum atomic E-state index is 13.7. The van der Waals surface area contributed by atoms with Crippen LogP contribution < -0.4 is 4.90 Å². The first-order chi connectivity index (χ1) is 18.1. The topological polar surface area (TPSA) is 75.5 Å². The molecule has 0 fully saturated rings. The molecule has 0 N–H and O–H groups in total. The molecule has 38 heavy (non-hydrogen) atoms. The number of hydrogen-bond acceptors (Lipinski definition) is 4. The quantitative estimate of drug-likeness (QED) is 0.355. The maximum absolute atomic E-state index is 13.7. The van der Waals surface area contributed by atoms with Crippen LogP contribution in [0.4, 0.5) is 5.69 Å². The molecule has 7 nitrogen and oxygen atoms in total. The molecule has 1 aliphatic heterocycles. The van der Waals surface area contributed by atoms with E-state index < -0.39 is 10.0 Å². The van der Waals surface area contributed by atoms with Crippen LogP contribution in [0.15, 0.2) is 77.7 Å². The minimum Gasteiger partial charge on any atom is -0.302 e. The Morgan fingerprint density at radius 3 is 2.34 bits per heavy atom. The molecule has 0 saturated carbocycles. The lowest BCUT2D eigenvalue weighted by molar-refractivity contribution is 0.0984. The van der Waals surface area contributed by atoms with Crippen molar-refractivity contribution in [2.45, 2.75) is 45.2 Å². The van der Waals surface area contributed by atoms with E-state index in [1.54, 1.807) is 17.0 Å². The number of hydrogen-bond donors (Lipinski definition) is 0. The van der Waals surface area contributed by atoms with E-state index in [-0.39, 0.29) is 19.0 Å². The Morgan fingerprint density at radius 1 is 0.947 bits per heavy atom. The van der Waals surface area contributed by atoms with Gasteiger partial charge >= 0.3 is 0 Å². The molecule has 196 valence electrons. The van der Waals surface area contributed by atoms with Crippen molar-refractivity contribution in [2.24, 2.45) is 7.05 Å². The number of anilines is 1. The molecule has 2 heterocycles. The number of carbonyl (C=O) groups is 1. The fourth-order valence-corrected chi connectivity index (χ4v) is 6.39. The van der Waals surface area contributed by atoms with E-state index >= 15 is 0 Å². The lowest BCUT2D eigenvalue weighted by atomic mass is 10.1. The highest BCUT2D eigenvalue weighted by Crippen LogP contribution is 2.30. The molecule has 0 bridgehead atoms. The van der Waals surface area contributed by atoms with Crippen LogP contribution >= 0.6 is 0 Å². The highest BCUT2D eigenvalue weighted by molar-refractivity contribution is 7.89. The Kier molecular flexibility index (Phi) is 6.94. The Bertz CT molecular complexity index is 1590. The smallest absolute Gasteiger partial charge is 0.258 e. The third-order valence-corrected chi connectivity index (χ3v) is 9.17. The van der Waals surface area contributed by atoms with Gasteiger partial charge in [0, 0.05) is 49.1 Å². The number of aryl methyl sites for hydroxylation is 4. The van der Waals surface area contributed by atoms with E-state index in [1.165, 1.54) is 4.31 Å². The van der Waals surface area contributed by atoms with Crippen molar-refractivity contribution < 1.29 is 13.2 Å². The number of para-hydroxylation sites is 1. The molecule has 3 aromatic carbocycles. The first-order valence-corrected chi connectivity index (χ1v) is 14.1. The summed E-state index contributed by atoms with van der Waals surface area (Å²) in [5.74, 6) is -0.133. The van der Waals surface area contributed by atoms with Crippen molar-refractivity contribution in [3.8, 4) is 0 Å². The highest BCUT2D eigenvalue weighted by Gasteiger charge is 2.33. The molecule has 1 amide bonds. The van der Waals surface area contributed by atoms with E-state index in [2.05, 4.69) is 0 Å². The summed E-state index contributed by atoms with van der Waals surface area (Å²) < 4.78 is 30.5. The zero-order valence-corrected chi connectivity index (χ0v) is 23.0. The van der Waals surface area contributed by atoms with Gasteiger partial charge in [-0.05, 0) is 68.3 Å². The van der Waals surface area contributed by atoms with Crippen LogP contribution in [0.2, 0.25) is 0 Å². The van der Waals surface area contributed by atoms with E-state index in [1.807, 2.05) is 93.2 Å². The number of benzene rings is 3. The largest absolute Gasteiger partial charge is 0.302 e. The molecule has 0 radical (unpaired) electrons. The van der Waals surface area contributed by atoms with E-state index in [0.29, 0.717) is 29.1 Å². The Morgan fingerprint density at radius 2 is 1.66 bits per heavy atom. The lowest BCUT2D eigenvalue weighted by Gasteiger charge is -2.28. The molecule has 1 aliphatic rings. The second-order valence-electron chi connectivity index (χ2n) is 9.92. The number of fused-ring (bicyclic) bond motifs is 1. The van der Waals surface area contributed by atoms with Gasteiger partial charge in [0.15, 0.2) is 0 Å². The van der Waals surface area contributed by atoms with Crippen molar-refractivity contribution in [3.05, 3.63) is 112 Å². The number of aromatic nitrogens is 2. The van der Waals surface area contributed by atoms with Crippen LogP contribution in [0.3, 0.4) is 0 Å². The Labute approximate surface area is 224 Å². The third kappa shape index (κ3) is 4.89. The highest BCUT2D eigenvalue weighted by atomic mass is 32.2. The molecule has 5 rings (SSSR count). The number of rotatable bonds is 6. The van der Waals surface area contributed by atoms with E-state index in [4.69, 9.17) is 5.10 Å². The molecule has 8 heteroatoms. The molecule has 1 aromatic heterocycles. The van der Waals surface area contributed by atoms with Crippen molar-refractivity contribution in [1.82, 2.24) is 14.1 Å². The van der Waals surface area contributed by atoms with Gasteiger partial charge in [0.25, 0.3) is 5.91 Å². The normalized spacial score (nSPS) is 13.8. The predicted octanol–water partition coefficient (Wildman–Crippen LogP) is 4.94. The summed E-state index contributed by atoms with van der Waals surface area (Å²) in [6, 6.07) is 22.3. The third-order valence-electron chi connectivity index (χ3n) is 7.33. The van der Waals surface area contributed by atoms with E-state index in [0.717, 1.165) is 33.6 Å². The second-order valence-corrected chi connectivity index (χ2v) is 11.9. The SMILES string of the molecule is Cc1ccc(C(=O)N(Cc2nn(C)c3c2CN(S(=O)(=O)c2ccc(C)c(C)c2)CC3)c2ccccc2)cc1. The average Bonchev–Trinajstić information content (AvgIpc) is 3.23. The van der Waals surface area contributed by atoms with Crippen LogP contribution in [-0.2, 0) is 36.6 Å². The fraction of sp³-hybridized carbons (Fsp3) is 0.267. The number of amides is 1. The standard InChI is InChI=1S/C30H32N4O3S/c1-21-10-13-24(14-11-21)30(35)34(25-8-6-5-7-9-25)20-28-27-19-33(17-16-29(27)32(4)31-28)38(36,37)26-15-12-22(2)23(3)18-26/h5-15,18H,16-17,19-20H2,1-4H3. The van der Waals surface area contributed by atoms with Gasteiger partial charge in [-0.25, -0.2) is 8.42 Å². The molecule has 0 aliphatic carbocycles. The van der Waals surface area contributed by atoms with Crippen molar-refractivity contribution >= 4 is 21.6 Å². The minimum atomic E-state index is -3.68. The predicted molar refractivity (Wildman–Crippen MR) is 149 cm³/mol. The van der Waals surface area contributed by atoms with Gasteiger partial charge in [-0.2, -0.15) is 9.40 Å². The summed E-state index contributed by atoms with van der Waals surface area (Å²) in [6.45, 7) is 6.71.